The monoisotopic (exact) mass is 520 g/mol. The smallest absolute Gasteiger partial charge is 0.404 e. The summed E-state index contributed by atoms with van der Waals surface area (Å²) in [6.07, 6.45) is 0.121. The van der Waals surface area contributed by atoms with E-state index in [1.165, 1.54) is 16.8 Å². The number of H-pyrrole nitrogens is 1. The molecule has 2 aromatic rings. The zero-order valence-electron chi connectivity index (χ0n) is 17.1. The Bertz CT molecular complexity index is 1160. The normalized spacial score (nSPS) is 26.3. The number of rotatable bonds is 4. The number of aromatic nitrogens is 2. The van der Waals surface area contributed by atoms with Gasteiger partial charge >= 0.3 is 7.82 Å². The Morgan fingerprint density at radius 3 is 2.81 bits per heavy atom. The van der Waals surface area contributed by atoms with E-state index in [9.17, 15) is 14.5 Å². The fourth-order valence-electron chi connectivity index (χ4n) is 3.13. The first-order valence-corrected chi connectivity index (χ1v) is 12.3. The molecule has 0 saturated carbocycles. The van der Waals surface area contributed by atoms with Crippen LogP contribution >= 0.6 is 43.2 Å². The maximum atomic E-state index is 12.9. The van der Waals surface area contributed by atoms with Gasteiger partial charge in [-0.2, -0.15) is 0 Å². The molecule has 3 heterocycles. The van der Waals surface area contributed by atoms with E-state index in [-0.39, 0.29) is 28.6 Å². The predicted molar refractivity (Wildman–Crippen MR) is 122 cm³/mol. The Kier molecular flexibility index (Phi) is 7.95. The van der Waals surface area contributed by atoms with E-state index in [4.69, 9.17) is 61.6 Å². The molecule has 1 aromatic carbocycles. The molecule has 0 spiro atoms. The second kappa shape index (κ2) is 9.99. The highest BCUT2D eigenvalue weighted by molar-refractivity contribution is 7.71. The molecule has 9 nitrogen and oxygen atoms in total. The Morgan fingerprint density at radius 2 is 2.09 bits per heavy atom. The molecule has 1 aromatic heterocycles. The lowest BCUT2D eigenvalue weighted by Crippen LogP contribution is -2.45. The zero-order chi connectivity index (χ0) is 23.7. The standard InChI is InChI=1S/C16H14BCl2N2O7PS.C2H6/c17-16(23,28-29(24)25-7-8-5-9(18)1-2-11(8)27-29)12-3-4-13(26-12)21-6-10(19)14(22)20-15(21)30;1-2/h1-2,5-6,12-13,23H,3-4,7H2,(H,20,22,30);1-2H3. The fraction of sp³-hybridized carbons (Fsp3) is 0.444. The summed E-state index contributed by atoms with van der Waals surface area (Å²) in [4.78, 5) is 14.0. The SMILES string of the molecule is CC.[B]C(O)(OP1(=O)OCc2cc(Cl)ccc2O1)C1CCC(n2cc(Cl)c(=O)[nH]c2=S)O1. The van der Waals surface area contributed by atoms with Gasteiger partial charge in [0.1, 0.15) is 23.1 Å². The topological polar surface area (TPSA) is 112 Å². The molecule has 32 heavy (non-hydrogen) atoms. The van der Waals surface area contributed by atoms with Gasteiger partial charge in [-0.3, -0.25) is 23.4 Å². The van der Waals surface area contributed by atoms with Crippen molar-refractivity contribution in [3.63, 3.8) is 0 Å². The third kappa shape index (κ3) is 5.48. The van der Waals surface area contributed by atoms with E-state index >= 15 is 0 Å². The number of aliphatic hydroxyl groups is 1. The van der Waals surface area contributed by atoms with E-state index in [2.05, 4.69) is 4.98 Å². The van der Waals surface area contributed by atoms with Crippen molar-refractivity contribution in [2.24, 2.45) is 0 Å². The minimum Gasteiger partial charge on any atom is -0.404 e. The Morgan fingerprint density at radius 1 is 1.38 bits per heavy atom. The lowest BCUT2D eigenvalue weighted by Gasteiger charge is -2.34. The molecule has 1 fully saturated rings. The van der Waals surface area contributed by atoms with Crippen molar-refractivity contribution in [3.05, 3.63) is 55.1 Å². The molecule has 2 aliphatic heterocycles. The molecule has 0 bridgehead atoms. The number of phosphoric acid groups is 1. The Hall–Kier alpha value is -1.17. The largest absolute Gasteiger partial charge is 0.532 e. The molecule has 4 unspecified atom stereocenters. The van der Waals surface area contributed by atoms with Crippen LogP contribution < -0.4 is 10.1 Å². The van der Waals surface area contributed by atoms with Gasteiger partial charge in [0, 0.05) is 16.8 Å². The minimum atomic E-state index is -4.24. The summed E-state index contributed by atoms with van der Waals surface area (Å²) in [6, 6.07) is 4.66. The molecule has 0 amide bonds. The van der Waals surface area contributed by atoms with Crippen LogP contribution in [-0.4, -0.2) is 34.3 Å². The van der Waals surface area contributed by atoms with Crippen LogP contribution in [0.15, 0.2) is 29.2 Å². The summed E-state index contributed by atoms with van der Waals surface area (Å²) in [5, 5.41) is 11.0. The molecule has 4 rings (SSSR count). The first-order chi connectivity index (χ1) is 15.1. The van der Waals surface area contributed by atoms with Crippen molar-refractivity contribution in [3.8, 4) is 5.75 Å². The third-order valence-corrected chi connectivity index (χ3v) is 6.76. The van der Waals surface area contributed by atoms with Gasteiger partial charge in [-0.05, 0) is 43.3 Å². The highest BCUT2D eigenvalue weighted by Gasteiger charge is 2.48. The lowest BCUT2D eigenvalue weighted by molar-refractivity contribution is -0.176. The van der Waals surface area contributed by atoms with E-state index in [1.807, 2.05) is 13.8 Å². The van der Waals surface area contributed by atoms with E-state index in [0.717, 1.165) is 0 Å². The second-order valence-electron chi connectivity index (χ2n) is 6.71. The number of aromatic amines is 1. The number of ether oxygens (including phenoxy) is 1. The van der Waals surface area contributed by atoms with Gasteiger partial charge in [0.15, 0.2) is 18.3 Å². The molecule has 14 heteroatoms. The van der Waals surface area contributed by atoms with Crippen molar-refractivity contribution < 1.29 is 28.0 Å². The van der Waals surface area contributed by atoms with Crippen molar-refractivity contribution >= 4 is 51.1 Å². The molecule has 2 N–H and O–H groups in total. The van der Waals surface area contributed by atoms with Gasteiger partial charge in [0.2, 0.25) is 0 Å². The fourth-order valence-corrected chi connectivity index (χ4v) is 5.08. The number of hydrogen-bond acceptors (Lipinski definition) is 8. The number of hydrogen-bond donors (Lipinski definition) is 2. The van der Waals surface area contributed by atoms with Gasteiger partial charge in [-0.25, -0.2) is 4.57 Å². The number of halogens is 2. The third-order valence-electron chi connectivity index (χ3n) is 4.56. The van der Waals surface area contributed by atoms with Crippen LogP contribution in [0.5, 0.6) is 5.75 Å². The highest BCUT2D eigenvalue weighted by Crippen LogP contribution is 2.57. The number of phosphoric ester groups is 1. The average Bonchev–Trinajstić information content (AvgIpc) is 3.23. The molecular formula is C18H20BCl2N2O7PS. The van der Waals surface area contributed by atoms with E-state index in [1.54, 1.807) is 12.1 Å². The average molecular weight is 521 g/mol. The highest BCUT2D eigenvalue weighted by atomic mass is 35.5. The molecule has 4 atom stereocenters. The first kappa shape index (κ1) is 25.5. The first-order valence-electron chi connectivity index (χ1n) is 9.67. The number of nitrogens with one attached hydrogen (secondary N) is 1. The van der Waals surface area contributed by atoms with E-state index in [0.29, 0.717) is 17.0 Å². The van der Waals surface area contributed by atoms with Crippen molar-refractivity contribution in [2.75, 3.05) is 0 Å². The van der Waals surface area contributed by atoms with Gasteiger partial charge in [0.25, 0.3) is 5.56 Å². The number of fused-ring (bicyclic) bond motifs is 1. The summed E-state index contributed by atoms with van der Waals surface area (Å²) in [6.45, 7) is 3.89. The van der Waals surface area contributed by atoms with Crippen LogP contribution in [0.1, 0.15) is 38.5 Å². The molecule has 0 aliphatic carbocycles. The van der Waals surface area contributed by atoms with Gasteiger partial charge in [0.05, 0.1) is 6.61 Å². The van der Waals surface area contributed by atoms with Crippen molar-refractivity contribution in [1.82, 2.24) is 9.55 Å². The summed E-state index contributed by atoms with van der Waals surface area (Å²) < 4.78 is 35.7. The van der Waals surface area contributed by atoms with Gasteiger partial charge < -0.3 is 14.4 Å². The number of benzene rings is 1. The number of nitrogens with zero attached hydrogens (tertiary/aromatic N) is 1. The molecular weight excluding hydrogens is 501 g/mol. The van der Waals surface area contributed by atoms with Crippen LogP contribution in [0, 0.1) is 4.77 Å². The van der Waals surface area contributed by atoms with Crippen LogP contribution in [-0.2, 0) is 25.0 Å². The van der Waals surface area contributed by atoms with Crippen LogP contribution in [0.3, 0.4) is 0 Å². The lowest BCUT2D eigenvalue weighted by atomic mass is 9.88. The predicted octanol–water partition coefficient (Wildman–Crippen LogP) is 4.46. The summed E-state index contributed by atoms with van der Waals surface area (Å²) in [5.74, 6) is 0.240. The molecule has 2 aliphatic rings. The van der Waals surface area contributed by atoms with Crippen molar-refractivity contribution in [2.45, 2.75) is 51.3 Å². The zero-order valence-corrected chi connectivity index (χ0v) is 20.3. The molecule has 1 saturated heterocycles. The van der Waals surface area contributed by atoms with Gasteiger partial charge in [-0.15, -0.1) is 0 Å². The van der Waals surface area contributed by atoms with E-state index < -0.39 is 31.4 Å². The molecule has 172 valence electrons. The summed E-state index contributed by atoms with van der Waals surface area (Å²) in [5.41, 5.74) is -2.46. The minimum absolute atomic E-state index is 0.0814. The quantitative estimate of drug-likeness (QED) is 0.263. The maximum Gasteiger partial charge on any atom is 0.532 e. The van der Waals surface area contributed by atoms with Crippen LogP contribution in [0.25, 0.3) is 0 Å². The van der Waals surface area contributed by atoms with Crippen LogP contribution in [0.4, 0.5) is 0 Å². The summed E-state index contributed by atoms with van der Waals surface area (Å²) >= 11 is 16.9. The Balaban J connectivity index is 0.00000141. The molecule has 2 radical (unpaired) electrons. The maximum absolute atomic E-state index is 12.9. The van der Waals surface area contributed by atoms with Crippen molar-refractivity contribution in [1.29, 1.82) is 0 Å². The second-order valence-corrected chi connectivity index (χ2v) is 9.46. The van der Waals surface area contributed by atoms with Crippen LogP contribution in [0.2, 0.25) is 10.0 Å². The van der Waals surface area contributed by atoms with Gasteiger partial charge in [-0.1, -0.05) is 37.0 Å². The summed E-state index contributed by atoms with van der Waals surface area (Å²) in [7, 11) is 1.61. The Labute approximate surface area is 200 Å².